The van der Waals surface area contributed by atoms with E-state index in [0.717, 1.165) is 16.5 Å². The predicted octanol–water partition coefficient (Wildman–Crippen LogP) is 4.88. The molecule has 0 spiro atoms. The molecular formula is C19H18FNO2. The highest BCUT2D eigenvalue weighted by molar-refractivity contribution is 5.95. The summed E-state index contributed by atoms with van der Waals surface area (Å²) in [5.74, 6) is -0.0745. The van der Waals surface area contributed by atoms with E-state index >= 15 is 0 Å². The Labute approximate surface area is 134 Å². The van der Waals surface area contributed by atoms with Crippen LogP contribution in [0.4, 0.5) is 10.1 Å². The molecule has 0 saturated heterocycles. The minimum atomic E-state index is -0.329. The van der Waals surface area contributed by atoms with Gasteiger partial charge in [0, 0.05) is 16.6 Å². The highest BCUT2D eigenvalue weighted by Crippen LogP contribution is 2.26. The second-order valence-electron chi connectivity index (χ2n) is 5.90. The fourth-order valence-corrected chi connectivity index (χ4v) is 2.51. The van der Waals surface area contributed by atoms with Crippen molar-refractivity contribution in [3.05, 3.63) is 65.7 Å². The largest absolute Gasteiger partial charge is 0.464 e. The van der Waals surface area contributed by atoms with Crippen molar-refractivity contribution >= 4 is 22.6 Å². The summed E-state index contributed by atoms with van der Waals surface area (Å²) >= 11 is 0. The maximum Gasteiger partial charge on any atom is 0.228 e. The number of benzene rings is 2. The van der Waals surface area contributed by atoms with Crippen molar-refractivity contribution in [3.8, 4) is 0 Å². The van der Waals surface area contributed by atoms with Crippen molar-refractivity contribution in [2.75, 3.05) is 5.32 Å². The zero-order chi connectivity index (χ0) is 16.4. The molecule has 118 valence electrons. The van der Waals surface area contributed by atoms with E-state index in [1.807, 2.05) is 12.1 Å². The van der Waals surface area contributed by atoms with Crippen molar-refractivity contribution in [3.63, 3.8) is 0 Å². The van der Waals surface area contributed by atoms with E-state index in [1.165, 1.54) is 29.8 Å². The van der Waals surface area contributed by atoms with Crippen LogP contribution in [0.5, 0.6) is 0 Å². The molecule has 3 nitrogen and oxygen atoms in total. The summed E-state index contributed by atoms with van der Waals surface area (Å²) in [6.07, 6.45) is 1.84. The van der Waals surface area contributed by atoms with Crippen LogP contribution in [-0.2, 0) is 11.2 Å². The number of carbonyl (C=O) groups is 1. The lowest BCUT2D eigenvalue weighted by Gasteiger charge is -2.06. The number of hydrogen-bond acceptors (Lipinski definition) is 2. The molecule has 0 atom stereocenters. The summed E-state index contributed by atoms with van der Waals surface area (Å²) in [6, 6.07) is 11.8. The SMILES string of the molecule is CC(C)c1ccc2occ(CC(=O)Nc3ccc(F)cc3)c2c1. The molecule has 1 N–H and O–H groups in total. The van der Waals surface area contributed by atoms with Gasteiger partial charge >= 0.3 is 0 Å². The number of hydrogen-bond donors (Lipinski definition) is 1. The topological polar surface area (TPSA) is 42.2 Å². The molecule has 3 rings (SSSR count). The van der Waals surface area contributed by atoms with E-state index in [9.17, 15) is 9.18 Å². The third kappa shape index (κ3) is 3.42. The van der Waals surface area contributed by atoms with E-state index in [0.29, 0.717) is 11.6 Å². The first-order valence-corrected chi connectivity index (χ1v) is 7.58. The number of anilines is 1. The zero-order valence-electron chi connectivity index (χ0n) is 13.1. The van der Waals surface area contributed by atoms with Crippen LogP contribution in [0, 0.1) is 5.82 Å². The van der Waals surface area contributed by atoms with Crippen LogP contribution >= 0.6 is 0 Å². The molecule has 0 fully saturated rings. The smallest absolute Gasteiger partial charge is 0.228 e. The molecule has 0 saturated carbocycles. The van der Waals surface area contributed by atoms with E-state index in [1.54, 1.807) is 6.26 Å². The van der Waals surface area contributed by atoms with Crippen molar-refractivity contribution in [1.29, 1.82) is 0 Å². The number of fused-ring (bicyclic) bond motifs is 1. The van der Waals surface area contributed by atoms with Gasteiger partial charge < -0.3 is 9.73 Å². The van der Waals surface area contributed by atoms with E-state index in [4.69, 9.17) is 4.42 Å². The predicted molar refractivity (Wildman–Crippen MR) is 89.0 cm³/mol. The normalized spacial score (nSPS) is 11.1. The van der Waals surface area contributed by atoms with Crippen LogP contribution in [0.1, 0.15) is 30.9 Å². The minimum absolute atomic E-state index is 0.158. The van der Waals surface area contributed by atoms with Gasteiger partial charge in [-0.15, -0.1) is 0 Å². The third-order valence-electron chi connectivity index (χ3n) is 3.82. The van der Waals surface area contributed by atoms with Gasteiger partial charge in [0.25, 0.3) is 0 Å². The van der Waals surface area contributed by atoms with Crippen LogP contribution in [0.25, 0.3) is 11.0 Å². The van der Waals surface area contributed by atoms with E-state index < -0.39 is 0 Å². The number of amides is 1. The van der Waals surface area contributed by atoms with Gasteiger partial charge in [-0.1, -0.05) is 19.9 Å². The summed E-state index contributed by atoms with van der Waals surface area (Å²) in [5.41, 5.74) is 3.41. The van der Waals surface area contributed by atoms with Gasteiger partial charge in [-0.3, -0.25) is 4.79 Å². The number of furan rings is 1. The second kappa shape index (κ2) is 6.24. The Morgan fingerprint density at radius 3 is 2.61 bits per heavy atom. The molecule has 0 aliphatic heterocycles. The molecule has 2 aromatic carbocycles. The molecule has 4 heteroatoms. The first-order valence-electron chi connectivity index (χ1n) is 7.58. The van der Waals surface area contributed by atoms with Crippen LogP contribution in [0.2, 0.25) is 0 Å². The number of nitrogens with one attached hydrogen (secondary N) is 1. The minimum Gasteiger partial charge on any atom is -0.464 e. The summed E-state index contributed by atoms with van der Waals surface area (Å²) in [5, 5.41) is 3.73. The lowest BCUT2D eigenvalue weighted by Crippen LogP contribution is -2.14. The lowest BCUT2D eigenvalue weighted by molar-refractivity contribution is -0.115. The first-order chi connectivity index (χ1) is 11.0. The standard InChI is InChI=1S/C19H18FNO2/c1-12(2)13-3-8-18-17(9-13)14(11-23-18)10-19(22)21-16-6-4-15(20)5-7-16/h3-9,11-12H,10H2,1-2H3,(H,21,22). The first kappa shape index (κ1) is 15.3. The number of carbonyl (C=O) groups excluding carboxylic acids is 1. The Bertz CT molecular complexity index is 834. The fourth-order valence-electron chi connectivity index (χ4n) is 2.51. The quantitative estimate of drug-likeness (QED) is 0.746. The van der Waals surface area contributed by atoms with Crippen LogP contribution < -0.4 is 5.32 Å². The Kier molecular flexibility index (Phi) is 4.15. The molecule has 0 aliphatic carbocycles. The number of halogens is 1. The Balaban J connectivity index is 1.79. The average Bonchev–Trinajstić information content (AvgIpc) is 2.92. The highest BCUT2D eigenvalue weighted by Gasteiger charge is 2.12. The molecule has 0 radical (unpaired) electrons. The second-order valence-corrected chi connectivity index (χ2v) is 5.90. The van der Waals surface area contributed by atoms with Gasteiger partial charge in [0.15, 0.2) is 0 Å². The van der Waals surface area contributed by atoms with Crippen molar-refractivity contribution in [2.24, 2.45) is 0 Å². The number of rotatable bonds is 4. The Morgan fingerprint density at radius 1 is 1.17 bits per heavy atom. The molecule has 3 aromatic rings. The third-order valence-corrected chi connectivity index (χ3v) is 3.82. The molecule has 1 aromatic heterocycles. The van der Waals surface area contributed by atoms with Crippen LogP contribution in [0.3, 0.4) is 0 Å². The van der Waals surface area contributed by atoms with Crippen molar-refractivity contribution in [1.82, 2.24) is 0 Å². The molecule has 0 bridgehead atoms. The van der Waals surface area contributed by atoms with Gasteiger partial charge in [-0.2, -0.15) is 0 Å². The average molecular weight is 311 g/mol. The summed E-state index contributed by atoms with van der Waals surface area (Å²) < 4.78 is 18.4. The summed E-state index contributed by atoms with van der Waals surface area (Å²) in [6.45, 7) is 4.25. The maximum atomic E-state index is 12.9. The Hall–Kier alpha value is -2.62. The molecule has 0 unspecified atom stereocenters. The van der Waals surface area contributed by atoms with Crippen LogP contribution in [0.15, 0.2) is 53.1 Å². The maximum absolute atomic E-state index is 12.9. The molecule has 1 heterocycles. The Morgan fingerprint density at radius 2 is 1.91 bits per heavy atom. The molecular weight excluding hydrogens is 293 g/mol. The molecule has 23 heavy (non-hydrogen) atoms. The van der Waals surface area contributed by atoms with E-state index in [-0.39, 0.29) is 18.1 Å². The molecule has 1 amide bonds. The van der Waals surface area contributed by atoms with Gasteiger partial charge in [0.1, 0.15) is 11.4 Å². The van der Waals surface area contributed by atoms with Gasteiger partial charge in [-0.25, -0.2) is 4.39 Å². The zero-order valence-corrected chi connectivity index (χ0v) is 13.1. The van der Waals surface area contributed by atoms with Crippen LogP contribution in [-0.4, -0.2) is 5.91 Å². The summed E-state index contributed by atoms with van der Waals surface area (Å²) in [7, 11) is 0. The monoisotopic (exact) mass is 311 g/mol. The fraction of sp³-hybridized carbons (Fsp3) is 0.211. The van der Waals surface area contributed by atoms with E-state index in [2.05, 4.69) is 25.2 Å². The van der Waals surface area contributed by atoms with Crippen molar-refractivity contribution < 1.29 is 13.6 Å². The van der Waals surface area contributed by atoms with Crippen molar-refractivity contribution in [2.45, 2.75) is 26.2 Å². The lowest BCUT2D eigenvalue weighted by atomic mass is 10.00. The highest BCUT2D eigenvalue weighted by atomic mass is 19.1. The van der Waals surface area contributed by atoms with Gasteiger partial charge in [0.05, 0.1) is 12.7 Å². The molecule has 0 aliphatic rings. The van der Waals surface area contributed by atoms with Gasteiger partial charge in [-0.05, 0) is 47.9 Å². The summed E-state index contributed by atoms with van der Waals surface area (Å²) in [4.78, 5) is 12.2. The van der Waals surface area contributed by atoms with Gasteiger partial charge in [0.2, 0.25) is 5.91 Å².